The molecule has 0 radical (unpaired) electrons. The maximum absolute atomic E-state index is 13.9. The number of sulfonamides is 1. The maximum atomic E-state index is 13.9. The van der Waals surface area contributed by atoms with Gasteiger partial charge >= 0.3 is 5.69 Å². The molecular weight excluding hydrogens is 427 g/mol. The van der Waals surface area contributed by atoms with Gasteiger partial charge in [-0.05, 0) is 30.2 Å². The fourth-order valence-corrected chi connectivity index (χ4v) is 3.39. The Hall–Kier alpha value is -3.57. The van der Waals surface area contributed by atoms with Gasteiger partial charge in [-0.25, -0.2) is 22.7 Å². The second-order valence-corrected chi connectivity index (χ2v) is 8.25. The molecule has 162 valence electrons. The van der Waals surface area contributed by atoms with Crippen molar-refractivity contribution in [1.29, 1.82) is 0 Å². The van der Waals surface area contributed by atoms with Gasteiger partial charge in [-0.2, -0.15) is 0 Å². The molecule has 11 heteroatoms. The summed E-state index contributed by atoms with van der Waals surface area (Å²) in [5.74, 6) is -1.28. The molecule has 31 heavy (non-hydrogen) atoms. The van der Waals surface area contributed by atoms with Crippen LogP contribution in [0.3, 0.4) is 0 Å². The van der Waals surface area contributed by atoms with Crippen molar-refractivity contribution in [1.82, 2.24) is 14.9 Å². The molecule has 0 aliphatic rings. The number of benzene rings is 2. The van der Waals surface area contributed by atoms with Crippen LogP contribution in [-0.4, -0.2) is 30.4 Å². The smallest absolute Gasteiger partial charge is 0.328 e. The number of amides is 1. The van der Waals surface area contributed by atoms with Crippen molar-refractivity contribution in [2.75, 3.05) is 6.54 Å². The summed E-state index contributed by atoms with van der Waals surface area (Å²) in [5, 5.41) is 7.61. The predicted octanol–water partition coefficient (Wildman–Crippen LogP) is 0.344. The Labute approximate surface area is 176 Å². The van der Waals surface area contributed by atoms with Gasteiger partial charge in [0.2, 0.25) is 10.0 Å². The first-order valence-corrected chi connectivity index (χ1v) is 10.7. The molecule has 2 aromatic carbocycles. The van der Waals surface area contributed by atoms with E-state index in [1.807, 2.05) is 0 Å². The van der Waals surface area contributed by atoms with Gasteiger partial charge in [-0.3, -0.25) is 14.2 Å². The number of carbonyl (C=O) groups excluding carboxylic acids is 1. The molecule has 0 saturated heterocycles. The van der Waals surface area contributed by atoms with Crippen molar-refractivity contribution in [3.63, 3.8) is 0 Å². The van der Waals surface area contributed by atoms with E-state index in [9.17, 15) is 27.2 Å². The van der Waals surface area contributed by atoms with Crippen LogP contribution in [0.25, 0.3) is 0 Å². The van der Waals surface area contributed by atoms with E-state index in [4.69, 9.17) is 5.14 Å². The molecule has 3 aromatic rings. The molecule has 0 fully saturated rings. The number of aromatic amines is 1. The standard InChI is InChI=1S/C20H19FN4O5S/c21-17-4-2-1-3-14(17)12-25-19(27)16(11-24-20(25)28)18(26)23-10-9-13-5-7-15(8-6-13)31(22,29)30/h1-8,11H,9-10,12H2,(H,23,26)(H,24,28)(H2,22,29,30). The second-order valence-electron chi connectivity index (χ2n) is 6.69. The molecule has 1 amide bonds. The van der Waals surface area contributed by atoms with Crippen LogP contribution < -0.4 is 21.7 Å². The summed E-state index contributed by atoms with van der Waals surface area (Å²) in [6.07, 6.45) is 1.38. The van der Waals surface area contributed by atoms with Crippen molar-refractivity contribution in [3.05, 3.63) is 98.1 Å². The summed E-state index contributed by atoms with van der Waals surface area (Å²) in [6.45, 7) is -0.169. The predicted molar refractivity (Wildman–Crippen MR) is 111 cm³/mol. The number of aromatic nitrogens is 2. The minimum absolute atomic E-state index is 0.0241. The Bertz CT molecular complexity index is 1330. The Morgan fingerprint density at radius 3 is 2.42 bits per heavy atom. The quantitative estimate of drug-likeness (QED) is 0.480. The van der Waals surface area contributed by atoms with Crippen molar-refractivity contribution >= 4 is 15.9 Å². The summed E-state index contributed by atoms with van der Waals surface area (Å²) >= 11 is 0. The second kappa shape index (κ2) is 9.06. The van der Waals surface area contributed by atoms with Crippen molar-refractivity contribution in [2.24, 2.45) is 5.14 Å². The van der Waals surface area contributed by atoms with E-state index < -0.39 is 33.0 Å². The molecule has 0 spiro atoms. The van der Waals surface area contributed by atoms with E-state index in [1.54, 1.807) is 18.2 Å². The van der Waals surface area contributed by atoms with Crippen LogP contribution in [0.2, 0.25) is 0 Å². The van der Waals surface area contributed by atoms with E-state index >= 15 is 0 Å². The van der Waals surface area contributed by atoms with Crippen molar-refractivity contribution in [3.8, 4) is 0 Å². The molecule has 3 rings (SSSR count). The Kier molecular flexibility index (Phi) is 6.47. The monoisotopic (exact) mass is 446 g/mol. The number of hydrogen-bond donors (Lipinski definition) is 3. The highest BCUT2D eigenvalue weighted by Gasteiger charge is 2.16. The van der Waals surface area contributed by atoms with Crippen molar-refractivity contribution < 1.29 is 17.6 Å². The zero-order chi connectivity index (χ0) is 22.6. The number of primary sulfonamides is 1. The largest absolute Gasteiger partial charge is 0.351 e. The average molecular weight is 446 g/mol. The molecule has 4 N–H and O–H groups in total. The topological polar surface area (TPSA) is 144 Å². The summed E-state index contributed by atoms with van der Waals surface area (Å²) in [4.78, 5) is 39.3. The number of H-pyrrole nitrogens is 1. The minimum atomic E-state index is -3.79. The number of hydrogen-bond acceptors (Lipinski definition) is 5. The molecule has 1 heterocycles. The molecule has 1 aromatic heterocycles. The van der Waals surface area contributed by atoms with Crippen LogP contribution in [-0.2, 0) is 23.0 Å². The Morgan fingerprint density at radius 1 is 1.10 bits per heavy atom. The molecule has 0 saturated carbocycles. The van der Waals surface area contributed by atoms with Gasteiger partial charge in [0.05, 0.1) is 11.4 Å². The fourth-order valence-electron chi connectivity index (χ4n) is 2.88. The number of nitrogens with zero attached hydrogens (tertiary/aromatic N) is 1. The lowest BCUT2D eigenvalue weighted by Gasteiger charge is -2.09. The van der Waals surface area contributed by atoms with Crippen LogP contribution in [0.1, 0.15) is 21.5 Å². The highest BCUT2D eigenvalue weighted by atomic mass is 32.2. The number of nitrogens with one attached hydrogen (secondary N) is 2. The van der Waals surface area contributed by atoms with Gasteiger partial charge in [0.15, 0.2) is 0 Å². The normalized spacial score (nSPS) is 11.3. The lowest BCUT2D eigenvalue weighted by atomic mass is 10.1. The van der Waals surface area contributed by atoms with Crippen molar-refractivity contribution in [2.45, 2.75) is 17.9 Å². The maximum Gasteiger partial charge on any atom is 0.328 e. The van der Waals surface area contributed by atoms with Crippen LogP contribution in [0, 0.1) is 5.82 Å². The first-order valence-electron chi connectivity index (χ1n) is 9.12. The number of nitrogens with two attached hydrogens (primary N) is 1. The third-order valence-corrected chi connectivity index (χ3v) is 5.47. The van der Waals surface area contributed by atoms with E-state index in [-0.39, 0.29) is 29.1 Å². The fraction of sp³-hybridized carbons (Fsp3) is 0.150. The minimum Gasteiger partial charge on any atom is -0.351 e. The van der Waals surface area contributed by atoms with Gasteiger partial charge in [0.1, 0.15) is 11.4 Å². The lowest BCUT2D eigenvalue weighted by Crippen LogP contribution is -2.41. The summed E-state index contributed by atoms with van der Waals surface area (Å²) in [6, 6.07) is 11.5. The molecule has 0 atom stereocenters. The first kappa shape index (κ1) is 22.1. The highest BCUT2D eigenvalue weighted by Crippen LogP contribution is 2.09. The number of rotatable bonds is 7. The molecule has 0 aliphatic carbocycles. The lowest BCUT2D eigenvalue weighted by molar-refractivity contribution is 0.0951. The molecule has 0 unspecified atom stereocenters. The van der Waals surface area contributed by atoms with Crippen LogP contribution in [0.15, 0.2) is 69.2 Å². The zero-order valence-electron chi connectivity index (χ0n) is 16.2. The third kappa shape index (κ3) is 5.32. The van der Waals surface area contributed by atoms with Crippen LogP contribution in [0.5, 0.6) is 0 Å². The first-order chi connectivity index (χ1) is 14.7. The van der Waals surface area contributed by atoms with Gasteiger partial charge in [0, 0.05) is 18.3 Å². The molecule has 0 aliphatic heterocycles. The zero-order valence-corrected chi connectivity index (χ0v) is 17.0. The number of halogens is 1. The molecule has 9 nitrogen and oxygen atoms in total. The van der Waals surface area contributed by atoms with E-state index in [0.717, 1.165) is 16.3 Å². The van der Waals surface area contributed by atoms with Gasteiger partial charge in [0.25, 0.3) is 11.5 Å². The Balaban J connectivity index is 1.70. The third-order valence-electron chi connectivity index (χ3n) is 4.54. The number of carbonyl (C=O) groups is 1. The van der Waals surface area contributed by atoms with Crippen LogP contribution >= 0.6 is 0 Å². The average Bonchev–Trinajstić information content (AvgIpc) is 2.72. The van der Waals surface area contributed by atoms with Crippen LogP contribution in [0.4, 0.5) is 4.39 Å². The molecular formula is C20H19FN4O5S. The van der Waals surface area contributed by atoms with E-state index in [0.29, 0.717) is 6.42 Å². The summed E-state index contributed by atoms with van der Waals surface area (Å²) < 4.78 is 37.1. The van der Waals surface area contributed by atoms with Gasteiger partial charge in [-0.15, -0.1) is 0 Å². The summed E-state index contributed by atoms with van der Waals surface area (Å²) in [5.41, 5.74) is -1.02. The Morgan fingerprint density at radius 2 is 1.77 bits per heavy atom. The SMILES string of the molecule is NS(=O)(=O)c1ccc(CCNC(=O)c2c[nH]c(=O)n(Cc3ccccc3F)c2=O)cc1. The van der Waals surface area contributed by atoms with Gasteiger partial charge < -0.3 is 10.3 Å². The van der Waals surface area contributed by atoms with Gasteiger partial charge in [-0.1, -0.05) is 30.3 Å². The highest BCUT2D eigenvalue weighted by molar-refractivity contribution is 7.89. The summed E-state index contributed by atoms with van der Waals surface area (Å²) in [7, 11) is -3.79. The van der Waals surface area contributed by atoms with E-state index in [2.05, 4.69) is 10.3 Å². The van der Waals surface area contributed by atoms with E-state index in [1.165, 1.54) is 30.3 Å². The molecule has 0 bridgehead atoms.